The average Bonchev–Trinajstić information content (AvgIpc) is 2.61. The molecular weight excluding hydrogens is 293 g/mol. The lowest BCUT2D eigenvalue weighted by Gasteiger charge is -2.37. The van der Waals surface area contributed by atoms with Crippen molar-refractivity contribution in [3.05, 3.63) is 53.8 Å². The largest absolute Gasteiger partial charge is 0.497 e. The Balaban J connectivity index is 1.74. The molecule has 1 aliphatic rings. The van der Waals surface area contributed by atoms with E-state index in [0.29, 0.717) is 5.69 Å². The van der Waals surface area contributed by atoms with Crippen molar-refractivity contribution in [2.45, 2.75) is 0 Å². The molecule has 2 aromatic carbocycles. The highest BCUT2D eigenvalue weighted by Crippen LogP contribution is 2.26. The predicted octanol–water partition coefficient (Wildman–Crippen LogP) is 3.03. The van der Waals surface area contributed by atoms with Gasteiger partial charge in [-0.3, -0.25) is 0 Å². The number of hydrogen-bond donors (Lipinski definition) is 0. The Bertz CT molecular complexity index is 733. The molecule has 0 amide bonds. The number of anilines is 2. The summed E-state index contributed by atoms with van der Waals surface area (Å²) in [5.41, 5.74) is 1.92. The summed E-state index contributed by atoms with van der Waals surface area (Å²) >= 11 is 0. The van der Waals surface area contributed by atoms with Crippen LogP contribution in [0.5, 0.6) is 5.75 Å². The van der Waals surface area contributed by atoms with E-state index in [4.69, 9.17) is 4.74 Å². The van der Waals surface area contributed by atoms with Crippen LogP contribution in [0.3, 0.4) is 0 Å². The van der Waals surface area contributed by atoms with Crippen LogP contribution in [0.4, 0.5) is 15.8 Å². The molecule has 1 saturated heterocycles. The summed E-state index contributed by atoms with van der Waals surface area (Å²) in [6, 6.07) is 14.7. The second-order valence-electron chi connectivity index (χ2n) is 5.42. The van der Waals surface area contributed by atoms with Crippen LogP contribution >= 0.6 is 0 Å². The fourth-order valence-electron chi connectivity index (χ4n) is 2.90. The molecule has 0 spiro atoms. The van der Waals surface area contributed by atoms with Crippen molar-refractivity contribution in [1.29, 1.82) is 5.26 Å². The van der Waals surface area contributed by atoms with Gasteiger partial charge in [-0.2, -0.15) is 5.26 Å². The zero-order chi connectivity index (χ0) is 16.2. The molecule has 4 nitrogen and oxygen atoms in total. The van der Waals surface area contributed by atoms with Gasteiger partial charge >= 0.3 is 0 Å². The van der Waals surface area contributed by atoms with Crippen LogP contribution in [-0.2, 0) is 0 Å². The van der Waals surface area contributed by atoms with E-state index in [1.165, 1.54) is 6.07 Å². The van der Waals surface area contributed by atoms with E-state index in [0.717, 1.165) is 37.6 Å². The highest BCUT2D eigenvalue weighted by Gasteiger charge is 2.21. The molecule has 0 saturated carbocycles. The van der Waals surface area contributed by atoms with Gasteiger partial charge in [-0.05, 0) is 24.3 Å². The molecule has 23 heavy (non-hydrogen) atoms. The molecule has 0 bridgehead atoms. The maximum atomic E-state index is 13.8. The quantitative estimate of drug-likeness (QED) is 0.873. The average molecular weight is 311 g/mol. The minimum absolute atomic E-state index is 0.127. The third-order valence-electron chi connectivity index (χ3n) is 4.14. The first kappa shape index (κ1) is 15.2. The van der Waals surface area contributed by atoms with Crippen LogP contribution in [0, 0.1) is 17.1 Å². The number of nitriles is 1. The lowest BCUT2D eigenvalue weighted by atomic mass is 10.1. The standard InChI is InChI=1S/C18H18FN3O/c1-23-15-5-2-4-14(12-15)21-8-10-22(11-9-21)18-7-3-6-17(19)16(18)13-20/h2-7,12H,8-11H2,1H3. The first-order valence-corrected chi connectivity index (χ1v) is 7.55. The first-order valence-electron chi connectivity index (χ1n) is 7.55. The van der Waals surface area contributed by atoms with Crippen LogP contribution < -0.4 is 14.5 Å². The number of hydrogen-bond acceptors (Lipinski definition) is 4. The Morgan fingerprint density at radius 3 is 2.43 bits per heavy atom. The van der Waals surface area contributed by atoms with E-state index in [2.05, 4.69) is 15.9 Å². The number of halogens is 1. The van der Waals surface area contributed by atoms with E-state index < -0.39 is 5.82 Å². The van der Waals surface area contributed by atoms with Crippen LogP contribution in [0.2, 0.25) is 0 Å². The summed E-state index contributed by atoms with van der Waals surface area (Å²) in [6.45, 7) is 3.12. The second kappa shape index (κ2) is 6.57. The maximum Gasteiger partial charge on any atom is 0.143 e. The smallest absolute Gasteiger partial charge is 0.143 e. The van der Waals surface area contributed by atoms with Gasteiger partial charge in [0.25, 0.3) is 0 Å². The molecule has 118 valence electrons. The fraction of sp³-hybridized carbons (Fsp3) is 0.278. The topological polar surface area (TPSA) is 39.5 Å². The van der Waals surface area contributed by atoms with Crippen molar-refractivity contribution in [2.24, 2.45) is 0 Å². The van der Waals surface area contributed by atoms with E-state index in [1.54, 1.807) is 13.2 Å². The summed E-state index contributed by atoms with van der Waals surface area (Å²) in [5, 5.41) is 9.18. The van der Waals surface area contributed by atoms with E-state index >= 15 is 0 Å². The van der Waals surface area contributed by atoms with E-state index in [9.17, 15) is 9.65 Å². The summed E-state index contributed by atoms with van der Waals surface area (Å²) in [7, 11) is 1.66. The van der Waals surface area contributed by atoms with Gasteiger partial charge in [-0.1, -0.05) is 12.1 Å². The van der Waals surface area contributed by atoms with Crippen molar-refractivity contribution in [1.82, 2.24) is 0 Å². The summed E-state index contributed by atoms with van der Waals surface area (Å²) in [6.07, 6.45) is 0. The molecule has 1 aliphatic heterocycles. The molecule has 1 heterocycles. The Morgan fingerprint density at radius 1 is 1.04 bits per heavy atom. The molecule has 0 aromatic heterocycles. The SMILES string of the molecule is COc1cccc(N2CCN(c3cccc(F)c3C#N)CC2)c1. The first-order chi connectivity index (χ1) is 11.2. The lowest BCUT2D eigenvalue weighted by molar-refractivity contribution is 0.414. The van der Waals surface area contributed by atoms with Crippen molar-refractivity contribution in [2.75, 3.05) is 43.1 Å². The number of ether oxygens (including phenoxy) is 1. The molecule has 0 unspecified atom stereocenters. The third-order valence-corrected chi connectivity index (χ3v) is 4.14. The van der Waals surface area contributed by atoms with Crippen molar-refractivity contribution < 1.29 is 9.13 Å². The lowest BCUT2D eigenvalue weighted by Crippen LogP contribution is -2.46. The predicted molar refractivity (Wildman–Crippen MR) is 88.5 cm³/mol. The van der Waals surface area contributed by atoms with Gasteiger partial charge in [0.1, 0.15) is 23.2 Å². The molecule has 1 fully saturated rings. The summed E-state index contributed by atoms with van der Waals surface area (Å²) in [4.78, 5) is 4.34. The monoisotopic (exact) mass is 311 g/mol. The van der Waals surface area contributed by atoms with Crippen LogP contribution in [0.15, 0.2) is 42.5 Å². The van der Waals surface area contributed by atoms with E-state index in [1.807, 2.05) is 30.3 Å². The fourth-order valence-corrected chi connectivity index (χ4v) is 2.90. The van der Waals surface area contributed by atoms with Gasteiger partial charge in [0, 0.05) is 37.9 Å². The Morgan fingerprint density at radius 2 is 1.74 bits per heavy atom. The van der Waals surface area contributed by atoms with Crippen LogP contribution in [0.1, 0.15) is 5.56 Å². The van der Waals surface area contributed by atoms with Gasteiger partial charge in [0.05, 0.1) is 12.8 Å². The molecule has 0 atom stereocenters. The zero-order valence-electron chi connectivity index (χ0n) is 13.0. The highest BCUT2D eigenvalue weighted by molar-refractivity contribution is 5.61. The van der Waals surface area contributed by atoms with Gasteiger partial charge in [-0.25, -0.2) is 4.39 Å². The summed E-state index contributed by atoms with van der Waals surface area (Å²) < 4.78 is 19.0. The Labute approximate surface area is 135 Å². The second-order valence-corrected chi connectivity index (χ2v) is 5.42. The minimum Gasteiger partial charge on any atom is -0.497 e. The number of nitrogens with zero attached hydrogens (tertiary/aromatic N) is 3. The van der Waals surface area contributed by atoms with Gasteiger partial charge in [-0.15, -0.1) is 0 Å². The normalized spacial score (nSPS) is 14.5. The number of benzene rings is 2. The number of rotatable bonds is 3. The van der Waals surface area contributed by atoms with Crippen molar-refractivity contribution in [3.63, 3.8) is 0 Å². The molecule has 0 N–H and O–H groups in total. The molecule has 3 rings (SSSR count). The zero-order valence-corrected chi connectivity index (χ0v) is 13.0. The number of piperazine rings is 1. The summed E-state index contributed by atoms with van der Waals surface area (Å²) in [5.74, 6) is 0.377. The van der Waals surface area contributed by atoms with Gasteiger partial charge in [0.2, 0.25) is 0 Å². The molecular formula is C18H18FN3O. The van der Waals surface area contributed by atoms with Crippen molar-refractivity contribution in [3.8, 4) is 11.8 Å². The Hall–Kier alpha value is -2.74. The van der Waals surface area contributed by atoms with Gasteiger partial charge < -0.3 is 14.5 Å². The minimum atomic E-state index is -0.458. The highest BCUT2D eigenvalue weighted by atomic mass is 19.1. The maximum absolute atomic E-state index is 13.8. The van der Waals surface area contributed by atoms with Gasteiger partial charge in [0.15, 0.2) is 0 Å². The van der Waals surface area contributed by atoms with Crippen LogP contribution in [0.25, 0.3) is 0 Å². The number of methoxy groups -OCH3 is 1. The molecule has 0 radical (unpaired) electrons. The molecule has 2 aromatic rings. The van der Waals surface area contributed by atoms with Crippen LogP contribution in [-0.4, -0.2) is 33.3 Å². The van der Waals surface area contributed by atoms with Crippen molar-refractivity contribution >= 4 is 11.4 Å². The molecule has 0 aliphatic carbocycles. The Kier molecular flexibility index (Phi) is 4.33. The van der Waals surface area contributed by atoms with E-state index in [-0.39, 0.29) is 5.56 Å². The molecule has 5 heteroatoms. The third kappa shape index (κ3) is 3.07.